The van der Waals surface area contributed by atoms with Gasteiger partial charge in [0, 0.05) is 18.2 Å². The van der Waals surface area contributed by atoms with Gasteiger partial charge in [0.15, 0.2) is 0 Å². The summed E-state index contributed by atoms with van der Waals surface area (Å²) in [7, 11) is -3.64. The van der Waals surface area contributed by atoms with E-state index in [1.165, 1.54) is 10.4 Å². The number of para-hydroxylation sites is 1. The van der Waals surface area contributed by atoms with Gasteiger partial charge in [-0.1, -0.05) is 36.2 Å². The number of aryl methyl sites for hydroxylation is 1. The van der Waals surface area contributed by atoms with Gasteiger partial charge in [-0.05, 0) is 56.5 Å². The Morgan fingerprint density at radius 1 is 1.19 bits per heavy atom. The van der Waals surface area contributed by atoms with E-state index >= 15 is 0 Å². The summed E-state index contributed by atoms with van der Waals surface area (Å²) >= 11 is 6.10. The number of carbonyl (C=O) groups excluding carboxylic acids is 1. The number of benzene rings is 2. The lowest BCUT2D eigenvalue weighted by Gasteiger charge is -2.32. The maximum Gasteiger partial charge on any atom is 0.256 e. The van der Waals surface area contributed by atoms with Gasteiger partial charge in [-0.15, -0.1) is 0 Å². The number of nitrogens with zero attached hydrogens (tertiary/aromatic N) is 1. The van der Waals surface area contributed by atoms with Crippen LogP contribution in [0.3, 0.4) is 0 Å². The number of nitrogens with one attached hydrogen (secondary N) is 1. The average Bonchev–Trinajstić information content (AvgIpc) is 2.64. The first-order valence-corrected chi connectivity index (χ1v) is 10.8. The van der Waals surface area contributed by atoms with Crippen molar-refractivity contribution in [3.05, 3.63) is 58.6 Å². The lowest BCUT2D eigenvalue weighted by molar-refractivity contribution is 0.102. The number of anilines is 1. The van der Waals surface area contributed by atoms with Crippen LogP contribution in [0.25, 0.3) is 0 Å². The molecule has 0 radical (unpaired) electrons. The molecule has 1 heterocycles. The van der Waals surface area contributed by atoms with Crippen molar-refractivity contribution in [1.82, 2.24) is 4.31 Å². The van der Waals surface area contributed by atoms with Crippen LogP contribution in [0.4, 0.5) is 5.69 Å². The molecule has 1 aliphatic rings. The molecule has 5 nitrogen and oxygen atoms in total. The minimum atomic E-state index is -3.64. The number of halogens is 1. The number of hydrogen-bond acceptors (Lipinski definition) is 3. The molecule has 1 fully saturated rings. The molecule has 2 aromatic carbocycles. The third-order valence-corrected chi connectivity index (χ3v) is 7.26. The molecule has 7 heteroatoms. The molecule has 2 aromatic rings. The lowest BCUT2D eigenvalue weighted by atomic mass is 10.1. The fourth-order valence-electron chi connectivity index (χ4n) is 3.32. The van der Waals surface area contributed by atoms with E-state index in [4.69, 9.17) is 11.6 Å². The number of sulfonamides is 1. The van der Waals surface area contributed by atoms with Crippen LogP contribution >= 0.6 is 11.6 Å². The van der Waals surface area contributed by atoms with E-state index in [2.05, 4.69) is 5.32 Å². The highest BCUT2D eigenvalue weighted by molar-refractivity contribution is 7.89. The maximum absolute atomic E-state index is 13.1. The molecule has 144 valence electrons. The number of piperidine rings is 1. The Morgan fingerprint density at radius 3 is 2.63 bits per heavy atom. The molecule has 1 saturated heterocycles. The van der Waals surface area contributed by atoms with Crippen molar-refractivity contribution in [2.45, 2.75) is 44.0 Å². The van der Waals surface area contributed by atoms with Gasteiger partial charge < -0.3 is 5.32 Å². The molecule has 27 heavy (non-hydrogen) atoms. The molecular weight excluding hydrogens is 384 g/mol. The van der Waals surface area contributed by atoms with Crippen molar-refractivity contribution in [2.75, 3.05) is 11.9 Å². The number of carbonyl (C=O) groups is 1. The van der Waals surface area contributed by atoms with Crippen LogP contribution in [-0.2, 0) is 10.0 Å². The van der Waals surface area contributed by atoms with Crippen molar-refractivity contribution in [3.8, 4) is 0 Å². The molecule has 0 spiro atoms. The first-order chi connectivity index (χ1) is 12.8. The summed E-state index contributed by atoms with van der Waals surface area (Å²) in [6.45, 7) is 4.22. The van der Waals surface area contributed by atoms with Gasteiger partial charge >= 0.3 is 0 Å². The predicted octanol–water partition coefficient (Wildman–Crippen LogP) is 4.46. The average molecular weight is 407 g/mol. The topological polar surface area (TPSA) is 66.5 Å². The fraction of sp³-hybridized carbons (Fsp3) is 0.350. The minimum absolute atomic E-state index is 0.0366. The van der Waals surface area contributed by atoms with Gasteiger partial charge in [0.25, 0.3) is 5.91 Å². The Balaban J connectivity index is 1.92. The zero-order valence-electron chi connectivity index (χ0n) is 15.4. The summed E-state index contributed by atoms with van der Waals surface area (Å²) in [5.74, 6) is -0.385. The fourth-order valence-corrected chi connectivity index (χ4v) is 5.23. The second-order valence-electron chi connectivity index (χ2n) is 6.87. The third kappa shape index (κ3) is 4.18. The summed E-state index contributed by atoms with van der Waals surface area (Å²) < 4.78 is 27.7. The zero-order valence-corrected chi connectivity index (χ0v) is 17.0. The Labute approximate surface area is 165 Å². The van der Waals surface area contributed by atoms with E-state index in [9.17, 15) is 13.2 Å². The molecule has 0 aromatic heterocycles. The van der Waals surface area contributed by atoms with Crippen molar-refractivity contribution in [3.63, 3.8) is 0 Å². The highest BCUT2D eigenvalue weighted by Gasteiger charge is 2.31. The molecule has 0 aliphatic carbocycles. The number of hydrogen-bond donors (Lipinski definition) is 1. The smallest absolute Gasteiger partial charge is 0.256 e. The van der Waals surface area contributed by atoms with Gasteiger partial charge in [0.1, 0.15) is 0 Å². The van der Waals surface area contributed by atoms with Crippen LogP contribution in [0.15, 0.2) is 47.4 Å². The van der Waals surface area contributed by atoms with Gasteiger partial charge in [0.2, 0.25) is 10.0 Å². The van der Waals surface area contributed by atoms with E-state index in [0.717, 1.165) is 19.3 Å². The first-order valence-electron chi connectivity index (χ1n) is 8.99. The molecule has 0 bridgehead atoms. The highest BCUT2D eigenvalue weighted by atomic mass is 35.5. The van der Waals surface area contributed by atoms with Gasteiger partial charge in [-0.2, -0.15) is 4.31 Å². The normalized spacial score (nSPS) is 18.3. The maximum atomic E-state index is 13.1. The second kappa shape index (κ2) is 8.00. The van der Waals surface area contributed by atoms with Gasteiger partial charge in [-0.25, -0.2) is 8.42 Å². The second-order valence-corrected chi connectivity index (χ2v) is 9.17. The summed E-state index contributed by atoms with van der Waals surface area (Å²) in [4.78, 5) is 12.9. The van der Waals surface area contributed by atoms with Crippen molar-refractivity contribution >= 4 is 33.2 Å². The standard InChI is InChI=1S/C20H23ClN2O3S/c1-14-10-11-16(27(25,26)23-12-6-5-7-15(23)2)13-17(14)20(24)22-19-9-4-3-8-18(19)21/h3-4,8-11,13,15H,5-7,12H2,1-2H3,(H,22,24). The Hall–Kier alpha value is -1.89. The Morgan fingerprint density at radius 2 is 1.93 bits per heavy atom. The molecule has 1 amide bonds. The monoisotopic (exact) mass is 406 g/mol. The van der Waals surface area contributed by atoms with Crippen molar-refractivity contribution in [2.24, 2.45) is 0 Å². The summed E-state index contributed by atoms with van der Waals surface area (Å²) in [6, 6.07) is 11.6. The lowest BCUT2D eigenvalue weighted by Crippen LogP contribution is -2.42. The molecule has 3 rings (SSSR count). The van der Waals surface area contributed by atoms with Gasteiger partial charge in [0.05, 0.1) is 15.6 Å². The first kappa shape index (κ1) is 19.9. The highest BCUT2D eigenvalue weighted by Crippen LogP contribution is 2.27. The third-order valence-electron chi connectivity index (χ3n) is 4.92. The molecular formula is C20H23ClN2O3S. The number of amides is 1. The summed E-state index contributed by atoms with van der Waals surface area (Å²) in [5, 5.41) is 3.18. The van der Waals surface area contributed by atoms with E-state index < -0.39 is 10.0 Å². The van der Waals surface area contributed by atoms with E-state index in [-0.39, 0.29) is 16.8 Å². The van der Waals surface area contributed by atoms with Crippen LogP contribution in [0, 0.1) is 6.92 Å². The SMILES string of the molecule is Cc1ccc(S(=O)(=O)N2CCCCC2C)cc1C(=O)Nc1ccccc1Cl. The molecule has 1 unspecified atom stereocenters. The Bertz CT molecular complexity index is 959. The molecule has 1 aliphatic heterocycles. The quantitative estimate of drug-likeness (QED) is 0.814. The van der Waals surface area contributed by atoms with Crippen molar-refractivity contribution in [1.29, 1.82) is 0 Å². The number of rotatable bonds is 4. The minimum Gasteiger partial charge on any atom is -0.321 e. The van der Waals surface area contributed by atoms with Gasteiger partial charge in [-0.3, -0.25) is 4.79 Å². The van der Waals surface area contributed by atoms with Crippen LogP contribution in [0.1, 0.15) is 42.1 Å². The predicted molar refractivity (Wildman–Crippen MR) is 108 cm³/mol. The van der Waals surface area contributed by atoms with Crippen molar-refractivity contribution < 1.29 is 13.2 Å². The van der Waals surface area contributed by atoms with E-state index in [1.807, 2.05) is 6.92 Å². The summed E-state index contributed by atoms with van der Waals surface area (Å²) in [6.07, 6.45) is 2.74. The van der Waals surface area contributed by atoms with E-state index in [0.29, 0.717) is 28.4 Å². The zero-order chi connectivity index (χ0) is 19.6. The van der Waals surface area contributed by atoms with E-state index in [1.54, 1.807) is 43.3 Å². The van der Waals surface area contributed by atoms with Crippen LogP contribution < -0.4 is 5.32 Å². The summed E-state index contributed by atoms with van der Waals surface area (Å²) in [5.41, 5.74) is 1.51. The van der Waals surface area contributed by atoms with Crippen LogP contribution in [-0.4, -0.2) is 31.2 Å². The molecule has 1 N–H and O–H groups in total. The van der Waals surface area contributed by atoms with Crippen LogP contribution in [0.2, 0.25) is 5.02 Å². The van der Waals surface area contributed by atoms with Crippen LogP contribution in [0.5, 0.6) is 0 Å². The largest absolute Gasteiger partial charge is 0.321 e. The molecule has 0 saturated carbocycles. The molecule has 1 atom stereocenters. The Kier molecular flexibility index (Phi) is 5.89.